The average Bonchev–Trinajstić information content (AvgIpc) is 2.54. The minimum atomic E-state index is 0.713. The summed E-state index contributed by atoms with van der Waals surface area (Å²) in [6.07, 6.45) is 0. The van der Waals surface area contributed by atoms with Gasteiger partial charge in [-0.2, -0.15) is 0 Å². The molecular weight excluding hydrogens is 244 g/mol. The molecule has 3 nitrogen and oxygen atoms in total. The lowest BCUT2D eigenvalue weighted by atomic mass is 10.1. The Morgan fingerprint density at radius 3 is 2.39 bits per heavy atom. The number of ether oxygens (including phenoxy) is 1. The van der Waals surface area contributed by atoms with Crippen LogP contribution in [0, 0.1) is 0 Å². The number of para-hydroxylation sites is 2. The van der Waals surface area contributed by atoms with Crippen molar-refractivity contribution in [1.29, 1.82) is 0 Å². The molecule has 4 heteroatoms. The van der Waals surface area contributed by atoms with Gasteiger partial charge in [0.2, 0.25) is 0 Å². The van der Waals surface area contributed by atoms with E-state index in [1.807, 2.05) is 42.5 Å². The quantitative estimate of drug-likeness (QED) is 0.765. The Hall–Kier alpha value is -2.07. The zero-order valence-corrected chi connectivity index (χ0v) is 10.7. The summed E-state index contributed by atoms with van der Waals surface area (Å²) in [5.74, 6) is 0.809. The maximum absolute atomic E-state index is 5.41. The first-order valence-electron chi connectivity index (χ1n) is 5.63. The molecule has 18 heavy (non-hydrogen) atoms. The van der Waals surface area contributed by atoms with Crippen molar-refractivity contribution < 1.29 is 4.74 Å². The van der Waals surface area contributed by atoms with Crippen molar-refractivity contribution in [2.45, 2.75) is 0 Å². The summed E-state index contributed by atoms with van der Waals surface area (Å²) in [6, 6.07) is 13.8. The van der Waals surface area contributed by atoms with Crippen LogP contribution >= 0.6 is 12.2 Å². The molecule has 0 amide bonds. The highest BCUT2D eigenvalue weighted by Gasteiger charge is 2.16. The molecule has 0 saturated carbocycles. The molecule has 0 radical (unpaired) electrons. The van der Waals surface area contributed by atoms with Gasteiger partial charge in [0.15, 0.2) is 0 Å². The van der Waals surface area contributed by atoms with Crippen LogP contribution in [0.1, 0.15) is 5.56 Å². The van der Waals surface area contributed by atoms with E-state index in [1.54, 1.807) is 7.11 Å². The van der Waals surface area contributed by atoms with Crippen molar-refractivity contribution >= 4 is 34.3 Å². The number of fused-ring (bicyclic) bond motifs is 2. The molecule has 1 aliphatic heterocycles. The van der Waals surface area contributed by atoms with Gasteiger partial charge >= 0.3 is 0 Å². The van der Waals surface area contributed by atoms with Crippen molar-refractivity contribution in [2.75, 3.05) is 17.7 Å². The van der Waals surface area contributed by atoms with Gasteiger partial charge in [-0.25, -0.2) is 0 Å². The van der Waals surface area contributed by atoms with E-state index in [0.29, 0.717) is 4.99 Å². The fraction of sp³-hybridized carbons (Fsp3) is 0.0714. The van der Waals surface area contributed by atoms with Gasteiger partial charge in [-0.15, -0.1) is 0 Å². The Bertz CT molecular complexity index is 625. The number of thiocarbonyl (C=S) groups is 1. The molecule has 2 aromatic carbocycles. The first-order valence-corrected chi connectivity index (χ1v) is 6.04. The highest BCUT2D eigenvalue weighted by atomic mass is 32.1. The van der Waals surface area contributed by atoms with Crippen molar-refractivity contribution in [2.24, 2.45) is 0 Å². The van der Waals surface area contributed by atoms with Crippen LogP contribution in [-0.2, 0) is 0 Å². The molecule has 2 aromatic rings. The second-order valence-corrected chi connectivity index (χ2v) is 4.44. The maximum Gasteiger partial charge on any atom is 0.120 e. The summed E-state index contributed by atoms with van der Waals surface area (Å²) in [5, 5.41) is 6.62. The summed E-state index contributed by atoms with van der Waals surface area (Å²) in [5.41, 5.74) is 3.92. The summed E-state index contributed by atoms with van der Waals surface area (Å²) in [7, 11) is 1.66. The van der Waals surface area contributed by atoms with Crippen LogP contribution < -0.4 is 15.4 Å². The second kappa shape index (κ2) is 4.31. The molecule has 0 atom stereocenters. The molecule has 0 fully saturated rings. The number of anilines is 3. The second-order valence-electron chi connectivity index (χ2n) is 4.04. The third-order valence-corrected chi connectivity index (χ3v) is 3.24. The first-order chi connectivity index (χ1) is 8.78. The van der Waals surface area contributed by atoms with Crippen LogP contribution in [-0.4, -0.2) is 12.1 Å². The number of nitrogens with one attached hydrogen (secondary N) is 2. The normalized spacial score (nSPS) is 12.6. The van der Waals surface area contributed by atoms with Gasteiger partial charge in [-0.05, 0) is 24.3 Å². The zero-order chi connectivity index (χ0) is 12.5. The number of rotatable bonds is 1. The van der Waals surface area contributed by atoms with E-state index in [0.717, 1.165) is 28.4 Å². The van der Waals surface area contributed by atoms with E-state index in [4.69, 9.17) is 17.0 Å². The predicted molar refractivity (Wildman–Crippen MR) is 78.0 cm³/mol. The fourth-order valence-corrected chi connectivity index (χ4v) is 2.28. The van der Waals surface area contributed by atoms with Crippen LogP contribution in [0.4, 0.5) is 17.1 Å². The molecule has 0 spiro atoms. The Morgan fingerprint density at radius 1 is 0.944 bits per heavy atom. The Morgan fingerprint density at radius 2 is 1.67 bits per heavy atom. The van der Waals surface area contributed by atoms with Crippen molar-refractivity contribution in [3.05, 3.63) is 48.0 Å². The Balaban J connectivity index is 2.14. The van der Waals surface area contributed by atoms with Crippen molar-refractivity contribution in [1.82, 2.24) is 0 Å². The summed E-state index contributed by atoms with van der Waals surface area (Å²) < 4.78 is 5.24. The third-order valence-electron chi connectivity index (χ3n) is 2.92. The molecule has 0 aliphatic carbocycles. The van der Waals surface area contributed by atoms with Crippen LogP contribution in [0.3, 0.4) is 0 Å². The monoisotopic (exact) mass is 256 g/mol. The van der Waals surface area contributed by atoms with Gasteiger partial charge < -0.3 is 15.4 Å². The van der Waals surface area contributed by atoms with Gasteiger partial charge in [0, 0.05) is 11.6 Å². The highest BCUT2D eigenvalue weighted by molar-refractivity contribution is 7.81. The molecule has 2 N–H and O–H groups in total. The van der Waals surface area contributed by atoms with E-state index < -0.39 is 0 Å². The number of benzene rings is 2. The topological polar surface area (TPSA) is 33.3 Å². The van der Waals surface area contributed by atoms with Crippen LogP contribution in [0.25, 0.3) is 0 Å². The summed E-state index contributed by atoms with van der Waals surface area (Å²) >= 11 is 5.41. The molecule has 0 unspecified atom stereocenters. The van der Waals surface area contributed by atoms with Crippen LogP contribution in [0.15, 0.2) is 42.5 Å². The number of hydrogen-bond donors (Lipinski definition) is 2. The third kappa shape index (κ3) is 1.80. The smallest absolute Gasteiger partial charge is 0.120 e. The lowest BCUT2D eigenvalue weighted by Gasteiger charge is -2.09. The van der Waals surface area contributed by atoms with Crippen molar-refractivity contribution in [3.63, 3.8) is 0 Å². The molecule has 0 bridgehead atoms. The zero-order valence-electron chi connectivity index (χ0n) is 9.86. The van der Waals surface area contributed by atoms with Gasteiger partial charge in [-0.3, -0.25) is 0 Å². The van der Waals surface area contributed by atoms with Gasteiger partial charge in [0.05, 0.1) is 24.2 Å². The van der Waals surface area contributed by atoms with Crippen LogP contribution in [0.2, 0.25) is 0 Å². The minimum absolute atomic E-state index is 0.713. The molecule has 90 valence electrons. The lowest BCUT2D eigenvalue weighted by Crippen LogP contribution is -2.09. The number of hydrogen-bond acceptors (Lipinski definition) is 3. The molecule has 1 aliphatic rings. The van der Waals surface area contributed by atoms with E-state index in [1.165, 1.54) is 0 Å². The maximum atomic E-state index is 5.41. The fourth-order valence-electron chi connectivity index (χ4n) is 1.99. The molecular formula is C14H12N2OS. The lowest BCUT2D eigenvalue weighted by molar-refractivity contribution is 0.415. The van der Waals surface area contributed by atoms with E-state index in [2.05, 4.69) is 10.6 Å². The highest BCUT2D eigenvalue weighted by Crippen LogP contribution is 2.33. The SMILES string of the molecule is COc1ccc2c(c1)Nc1ccccc1NC2=S. The summed E-state index contributed by atoms with van der Waals surface area (Å²) in [4.78, 5) is 0.713. The van der Waals surface area contributed by atoms with Gasteiger partial charge in [0.1, 0.15) is 10.7 Å². The van der Waals surface area contributed by atoms with Crippen LogP contribution in [0.5, 0.6) is 5.75 Å². The standard InChI is InChI=1S/C14H12N2OS/c1-17-9-6-7-10-13(8-9)15-11-4-2-3-5-12(11)16-14(10)18/h2-8,15H,1H3,(H,16,18). The Labute approximate surface area is 111 Å². The molecule has 1 heterocycles. The Kier molecular flexibility index (Phi) is 2.64. The summed E-state index contributed by atoms with van der Waals surface area (Å²) in [6.45, 7) is 0. The average molecular weight is 256 g/mol. The molecule has 3 rings (SSSR count). The first kappa shape index (κ1) is 11.0. The number of methoxy groups -OCH3 is 1. The van der Waals surface area contributed by atoms with Crippen molar-refractivity contribution in [3.8, 4) is 5.75 Å². The van der Waals surface area contributed by atoms with Gasteiger partial charge in [-0.1, -0.05) is 24.4 Å². The largest absolute Gasteiger partial charge is 0.497 e. The van der Waals surface area contributed by atoms with Gasteiger partial charge in [0.25, 0.3) is 0 Å². The minimum Gasteiger partial charge on any atom is -0.497 e. The molecule has 0 aromatic heterocycles. The predicted octanol–water partition coefficient (Wildman–Crippen LogP) is 3.54. The van der Waals surface area contributed by atoms with E-state index in [9.17, 15) is 0 Å². The molecule has 0 saturated heterocycles. The van der Waals surface area contributed by atoms with E-state index >= 15 is 0 Å². The van der Waals surface area contributed by atoms with E-state index in [-0.39, 0.29) is 0 Å².